The molecule has 0 unspecified atom stereocenters. The van der Waals surface area contributed by atoms with Crippen LogP contribution in [0, 0.1) is 0 Å². The molecule has 10 heavy (non-hydrogen) atoms. The summed E-state index contributed by atoms with van der Waals surface area (Å²) in [5, 5.41) is 8.60. The lowest BCUT2D eigenvalue weighted by molar-refractivity contribution is 0.214. The van der Waals surface area contributed by atoms with E-state index >= 15 is 0 Å². The average molecular weight is 143 g/mol. The fourth-order valence-electron chi connectivity index (χ4n) is 0.774. The van der Waals surface area contributed by atoms with Gasteiger partial charge in [-0.3, -0.25) is 4.90 Å². The number of hydrogen-bond acceptors (Lipinski definition) is 2. The van der Waals surface area contributed by atoms with E-state index < -0.39 is 0 Å². The summed E-state index contributed by atoms with van der Waals surface area (Å²) < 4.78 is 0. The van der Waals surface area contributed by atoms with Gasteiger partial charge in [-0.2, -0.15) is 0 Å². The second-order valence-corrected chi connectivity index (χ2v) is 2.19. The summed E-state index contributed by atoms with van der Waals surface area (Å²) in [6.07, 6.45) is 4.12. The Balaban J connectivity index is 3.39. The molecule has 0 spiro atoms. The topological polar surface area (TPSA) is 23.5 Å². The molecule has 0 aromatic carbocycles. The lowest BCUT2D eigenvalue weighted by Gasteiger charge is -2.15. The molecule has 0 rings (SSSR count). The van der Waals surface area contributed by atoms with Gasteiger partial charge in [-0.1, -0.05) is 19.1 Å². The summed E-state index contributed by atoms with van der Waals surface area (Å²) in [6, 6.07) is 0. The van der Waals surface area contributed by atoms with Crippen molar-refractivity contribution in [2.75, 3.05) is 26.2 Å². The van der Waals surface area contributed by atoms with Crippen molar-refractivity contribution in [2.24, 2.45) is 0 Å². The van der Waals surface area contributed by atoms with Crippen LogP contribution in [0.25, 0.3) is 0 Å². The molecule has 0 fully saturated rings. The third-order valence-corrected chi connectivity index (χ3v) is 1.46. The molecule has 0 saturated carbocycles. The minimum Gasteiger partial charge on any atom is -0.395 e. The van der Waals surface area contributed by atoms with Crippen molar-refractivity contribution in [3.05, 3.63) is 12.2 Å². The predicted octanol–water partition coefficient (Wildman–Crippen LogP) is 0.877. The van der Waals surface area contributed by atoms with Crippen LogP contribution in [0.2, 0.25) is 0 Å². The van der Waals surface area contributed by atoms with Crippen LogP contribution in [-0.2, 0) is 0 Å². The highest BCUT2D eigenvalue weighted by molar-refractivity contribution is 4.80. The van der Waals surface area contributed by atoms with Crippen LogP contribution in [-0.4, -0.2) is 36.2 Å². The van der Waals surface area contributed by atoms with Crippen molar-refractivity contribution in [1.29, 1.82) is 0 Å². The van der Waals surface area contributed by atoms with Crippen molar-refractivity contribution in [3.8, 4) is 0 Å². The minimum atomic E-state index is 0.255. The Bertz CT molecular complexity index is 91.3. The molecule has 0 aromatic rings. The highest BCUT2D eigenvalue weighted by atomic mass is 16.3. The molecular formula is C8H17NO. The first-order valence-corrected chi connectivity index (χ1v) is 3.79. The molecule has 60 valence electrons. The van der Waals surface area contributed by atoms with E-state index in [0.29, 0.717) is 0 Å². The maximum atomic E-state index is 8.60. The zero-order valence-electron chi connectivity index (χ0n) is 6.88. The zero-order valence-corrected chi connectivity index (χ0v) is 6.88. The Hall–Kier alpha value is -0.340. The van der Waals surface area contributed by atoms with Gasteiger partial charge < -0.3 is 5.11 Å². The Morgan fingerprint density at radius 2 is 2.20 bits per heavy atom. The maximum absolute atomic E-state index is 8.60. The Morgan fingerprint density at radius 3 is 2.60 bits per heavy atom. The van der Waals surface area contributed by atoms with Crippen molar-refractivity contribution < 1.29 is 5.11 Å². The average Bonchev–Trinajstić information content (AvgIpc) is 1.98. The Kier molecular flexibility index (Phi) is 6.55. The lowest BCUT2D eigenvalue weighted by Crippen LogP contribution is -2.26. The van der Waals surface area contributed by atoms with Crippen molar-refractivity contribution in [2.45, 2.75) is 13.8 Å². The molecule has 0 amide bonds. The molecule has 1 N–H and O–H groups in total. The number of hydrogen-bond donors (Lipinski definition) is 1. The van der Waals surface area contributed by atoms with Gasteiger partial charge in [-0.25, -0.2) is 0 Å². The summed E-state index contributed by atoms with van der Waals surface area (Å²) in [5.41, 5.74) is 0. The fourth-order valence-corrected chi connectivity index (χ4v) is 0.774. The highest BCUT2D eigenvalue weighted by Gasteiger charge is 1.95. The number of allylic oxidation sites excluding steroid dienone is 1. The molecular weight excluding hydrogens is 126 g/mol. The number of aliphatic hydroxyl groups excluding tert-OH is 1. The first-order chi connectivity index (χ1) is 4.85. The molecule has 2 nitrogen and oxygen atoms in total. The molecule has 2 heteroatoms. The van der Waals surface area contributed by atoms with Gasteiger partial charge in [-0.15, -0.1) is 0 Å². The van der Waals surface area contributed by atoms with Gasteiger partial charge in [0.1, 0.15) is 0 Å². The number of likely N-dealkylation sites (N-methyl/N-ethyl adjacent to an activating group) is 1. The van der Waals surface area contributed by atoms with E-state index in [0.717, 1.165) is 19.6 Å². The van der Waals surface area contributed by atoms with Crippen LogP contribution in [0.15, 0.2) is 12.2 Å². The molecule has 0 aliphatic heterocycles. The van der Waals surface area contributed by atoms with Crippen molar-refractivity contribution in [3.63, 3.8) is 0 Å². The second-order valence-electron chi connectivity index (χ2n) is 2.19. The summed E-state index contributed by atoms with van der Waals surface area (Å²) in [6.45, 7) is 7.09. The predicted molar refractivity (Wildman–Crippen MR) is 44.0 cm³/mol. The van der Waals surface area contributed by atoms with Gasteiger partial charge in [0.15, 0.2) is 0 Å². The number of aliphatic hydroxyl groups is 1. The summed E-state index contributed by atoms with van der Waals surface area (Å²) >= 11 is 0. The van der Waals surface area contributed by atoms with Crippen LogP contribution in [0.3, 0.4) is 0 Å². The largest absolute Gasteiger partial charge is 0.395 e. The SMILES string of the molecule is C/C=C/CN(CC)CCO. The Morgan fingerprint density at radius 1 is 1.50 bits per heavy atom. The van der Waals surface area contributed by atoms with E-state index in [-0.39, 0.29) is 6.61 Å². The smallest absolute Gasteiger partial charge is 0.0558 e. The van der Waals surface area contributed by atoms with Crippen LogP contribution < -0.4 is 0 Å². The summed E-state index contributed by atoms with van der Waals surface area (Å²) in [7, 11) is 0. The van der Waals surface area contributed by atoms with Crippen LogP contribution in [0.1, 0.15) is 13.8 Å². The van der Waals surface area contributed by atoms with Crippen molar-refractivity contribution in [1.82, 2.24) is 4.90 Å². The monoisotopic (exact) mass is 143 g/mol. The van der Waals surface area contributed by atoms with Gasteiger partial charge in [0, 0.05) is 13.1 Å². The van der Waals surface area contributed by atoms with E-state index in [9.17, 15) is 0 Å². The molecule has 0 heterocycles. The molecule has 0 bridgehead atoms. The van der Waals surface area contributed by atoms with Gasteiger partial charge in [0.2, 0.25) is 0 Å². The van der Waals surface area contributed by atoms with Gasteiger partial charge in [0.05, 0.1) is 6.61 Å². The lowest BCUT2D eigenvalue weighted by atomic mass is 10.4. The van der Waals surface area contributed by atoms with Crippen molar-refractivity contribution >= 4 is 0 Å². The van der Waals surface area contributed by atoms with E-state index in [1.807, 2.05) is 13.0 Å². The van der Waals surface area contributed by atoms with Crippen LogP contribution in [0.5, 0.6) is 0 Å². The molecule has 0 aliphatic rings. The van der Waals surface area contributed by atoms with Crippen LogP contribution in [0.4, 0.5) is 0 Å². The number of nitrogens with zero attached hydrogens (tertiary/aromatic N) is 1. The third-order valence-electron chi connectivity index (χ3n) is 1.46. The Labute approximate surface area is 63.2 Å². The van der Waals surface area contributed by atoms with E-state index in [4.69, 9.17) is 5.11 Å². The third kappa shape index (κ3) is 4.53. The summed E-state index contributed by atoms with van der Waals surface area (Å²) in [5.74, 6) is 0. The quantitative estimate of drug-likeness (QED) is 0.577. The van der Waals surface area contributed by atoms with Gasteiger partial charge in [0.25, 0.3) is 0 Å². The normalized spacial score (nSPS) is 11.6. The summed E-state index contributed by atoms with van der Waals surface area (Å²) in [4.78, 5) is 2.18. The second kappa shape index (κ2) is 6.78. The van der Waals surface area contributed by atoms with Crippen LogP contribution >= 0.6 is 0 Å². The van der Waals surface area contributed by atoms with E-state index in [2.05, 4.69) is 17.9 Å². The zero-order chi connectivity index (χ0) is 7.82. The van der Waals surface area contributed by atoms with E-state index in [1.54, 1.807) is 0 Å². The molecule has 0 aromatic heterocycles. The molecule has 0 aliphatic carbocycles. The highest BCUT2D eigenvalue weighted by Crippen LogP contribution is 1.86. The van der Waals surface area contributed by atoms with Gasteiger partial charge >= 0.3 is 0 Å². The minimum absolute atomic E-state index is 0.255. The fraction of sp³-hybridized carbons (Fsp3) is 0.750. The first kappa shape index (κ1) is 9.66. The maximum Gasteiger partial charge on any atom is 0.0558 e. The number of rotatable bonds is 5. The van der Waals surface area contributed by atoms with E-state index in [1.165, 1.54) is 0 Å². The molecule has 0 saturated heterocycles. The molecule has 0 radical (unpaired) electrons. The standard InChI is InChI=1S/C8H17NO/c1-3-5-6-9(4-2)7-8-10/h3,5,10H,4,6-8H2,1-2H3/b5-3+. The van der Waals surface area contributed by atoms with Gasteiger partial charge in [-0.05, 0) is 13.5 Å². The first-order valence-electron chi connectivity index (χ1n) is 3.79. The molecule has 0 atom stereocenters.